The van der Waals surface area contributed by atoms with Crippen LogP contribution in [0.15, 0.2) is 36.1 Å². The number of H-pyrrole nitrogens is 1. The number of nitrogens with zero attached hydrogens (tertiary/aromatic N) is 1. The fourth-order valence-electron chi connectivity index (χ4n) is 3.50. The Morgan fingerprint density at radius 3 is 2.33 bits per heavy atom. The zero-order valence-electron chi connectivity index (χ0n) is 16.4. The molecule has 1 aromatic heterocycles. The molecule has 0 bridgehead atoms. The third-order valence-electron chi connectivity index (χ3n) is 6.15. The number of rotatable bonds is 4. The minimum Gasteiger partial charge on any atom is -0.398 e. The average Bonchev–Trinajstić information content (AvgIpc) is 3.05. The molecule has 2 aromatic rings. The van der Waals surface area contributed by atoms with Crippen LogP contribution < -0.4 is 0 Å². The molecule has 2 heterocycles. The van der Waals surface area contributed by atoms with Gasteiger partial charge in [0.15, 0.2) is 0 Å². The van der Waals surface area contributed by atoms with E-state index in [0.29, 0.717) is 5.92 Å². The van der Waals surface area contributed by atoms with Crippen molar-refractivity contribution < 1.29 is 13.7 Å². The van der Waals surface area contributed by atoms with Crippen LogP contribution in [-0.2, 0) is 9.31 Å². The highest BCUT2D eigenvalue weighted by molar-refractivity contribution is 6.54. The maximum Gasteiger partial charge on any atom is 0.525 e. The molecule has 0 atom stereocenters. The standard InChI is InChI=1S/C21H26BFN2O2/c1-20(2)21(3,4)27-22(26-20)17(23)13-16-18(14-9-6-5-7-10-14)24-25-19(16)15-11-8-12-15/h5-7,9-10,13,15H,8,11-12H2,1-4H3,(H,24,25). The Kier molecular flexibility index (Phi) is 4.51. The topological polar surface area (TPSA) is 47.1 Å². The number of aromatic amines is 1. The van der Waals surface area contributed by atoms with E-state index in [1.165, 1.54) is 6.42 Å². The van der Waals surface area contributed by atoms with Crippen molar-refractivity contribution in [2.24, 2.45) is 0 Å². The summed E-state index contributed by atoms with van der Waals surface area (Å²) in [4.78, 5) is 0. The van der Waals surface area contributed by atoms with E-state index in [9.17, 15) is 0 Å². The predicted octanol–water partition coefficient (Wildman–Crippen LogP) is 5.29. The summed E-state index contributed by atoms with van der Waals surface area (Å²) in [5.74, 6) is 0.410. The van der Waals surface area contributed by atoms with Gasteiger partial charge in [-0.2, -0.15) is 5.10 Å². The van der Waals surface area contributed by atoms with Crippen molar-refractivity contribution in [1.82, 2.24) is 10.2 Å². The third-order valence-corrected chi connectivity index (χ3v) is 6.15. The van der Waals surface area contributed by atoms with Gasteiger partial charge in [0, 0.05) is 22.7 Å². The highest BCUT2D eigenvalue weighted by atomic mass is 19.1. The zero-order valence-corrected chi connectivity index (χ0v) is 16.4. The first-order chi connectivity index (χ1) is 12.8. The fourth-order valence-corrected chi connectivity index (χ4v) is 3.50. The van der Waals surface area contributed by atoms with Crippen molar-refractivity contribution in [2.45, 2.75) is 64.1 Å². The normalized spacial score (nSPS) is 22.1. The van der Waals surface area contributed by atoms with E-state index in [2.05, 4.69) is 10.2 Å². The van der Waals surface area contributed by atoms with Gasteiger partial charge in [0.1, 0.15) is 5.73 Å². The quantitative estimate of drug-likeness (QED) is 0.747. The number of benzene rings is 1. The molecule has 0 spiro atoms. The minimum absolute atomic E-state index is 0.410. The SMILES string of the molecule is CC1(C)OB(C(F)=Cc2c(-c3ccccc3)n[nH]c2C2CCC2)OC1(C)C. The number of hydrogen-bond acceptors (Lipinski definition) is 3. The minimum atomic E-state index is -0.997. The van der Waals surface area contributed by atoms with Crippen molar-refractivity contribution in [3.8, 4) is 11.3 Å². The van der Waals surface area contributed by atoms with E-state index in [1.807, 2.05) is 58.0 Å². The molecule has 0 radical (unpaired) electrons. The van der Waals surface area contributed by atoms with Crippen LogP contribution in [-0.4, -0.2) is 28.5 Å². The summed E-state index contributed by atoms with van der Waals surface area (Å²) < 4.78 is 26.9. The van der Waals surface area contributed by atoms with Crippen LogP contribution in [0.5, 0.6) is 0 Å². The van der Waals surface area contributed by atoms with Gasteiger partial charge >= 0.3 is 7.12 Å². The Labute approximate surface area is 160 Å². The zero-order chi connectivity index (χ0) is 19.2. The summed E-state index contributed by atoms with van der Waals surface area (Å²) in [6.07, 6.45) is 4.96. The molecular weight excluding hydrogens is 342 g/mol. The Balaban J connectivity index is 1.72. The molecule has 4 rings (SSSR count). The van der Waals surface area contributed by atoms with Crippen molar-refractivity contribution in [2.75, 3.05) is 0 Å². The second kappa shape index (κ2) is 6.60. The molecule has 0 unspecified atom stereocenters. The molecule has 1 N–H and O–H groups in total. The van der Waals surface area contributed by atoms with Gasteiger partial charge in [-0.1, -0.05) is 36.8 Å². The van der Waals surface area contributed by atoms with E-state index in [-0.39, 0.29) is 0 Å². The fraction of sp³-hybridized carbons (Fsp3) is 0.476. The molecule has 1 aromatic carbocycles. The maximum absolute atomic E-state index is 15.2. The van der Waals surface area contributed by atoms with E-state index in [4.69, 9.17) is 9.31 Å². The lowest BCUT2D eigenvalue weighted by molar-refractivity contribution is 0.00578. The first kappa shape index (κ1) is 18.4. The van der Waals surface area contributed by atoms with E-state index < -0.39 is 24.0 Å². The second-order valence-electron chi connectivity index (χ2n) is 8.51. The molecule has 4 nitrogen and oxygen atoms in total. The summed E-state index contributed by atoms with van der Waals surface area (Å²) in [5.41, 5.74) is 1.98. The number of halogens is 1. The highest BCUT2D eigenvalue weighted by Crippen LogP contribution is 2.42. The van der Waals surface area contributed by atoms with E-state index >= 15 is 4.39 Å². The summed E-state index contributed by atoms with van der Waals surface area (Å²) in [6.45, 7) is 7.70. The maximum atomic E-state index is 15.2. The van der Waals surface area contributed by atoms with Gasteiger partial charge in [0.25, 0.3) is 0 Å². The van der Waals surface area contributed by atoms with Gasteiger partial charge in [0.2, 0.25) is 0 Å². The highest BCUT2D eigenvalue weighted by Gasteiger charge is 2.53. The van der Waals surface area contributed by atoms with Crippen molar-refractivity contribution >= 4 is 13.2 Å². The lowest BCUT2D eigenvalue weighted by Gasteiger charge is -2.32. The summed E-state index contributed by atoms with van der Waals surface area (Å²) in [5, 5.41) is 7.67. The van der Waals surface area contributed by atoms with Gasteiger partial charge in [-0.05, 0) is 46.6 Å². The van der Waals surface area contributed by atoms with Crippen LogP contribution >= 0.6 is 0 Å². The molecule has 142 valence electrons. The Morgan fingerprint density at radius 1 is 1.15 bits per heavy atom. The van der Waals surface area contributed by atoms with Crippen molar-refractivity contribution in [3.63, 3.8) is 0 Å². The van der Waals surface area contributed by atoms with Crippen LogP contribution in [0.1, 0.15) is 64.1 Å². The Morgan fingerprint density at radius 2 is 1.78 bits per heavy atom. The van der Waals surface area contributed by atoms with Crippen LogP contribution in [0.2, 0.25) is 0 Å². The summed E-state index contributed by atoms with van der Waals surface area (Å²) in [6, 6.07) is 9.87. The smallest absolute Gasteiger partial charge is 0.398 e. The first-order valence-electron chi connectivity index (χ1n) is 9.65. The number of aromatic nitrogens is 2. The number of hydrogen-bond donors (Lipinski definition) is 1. The Hall–Kier alpha value is -1.92. The first-order valence-corrected chi connectivity index (χ1v) is 9.65. The van der Waals surface area contributed by atoms with Crippen molar-refractivity contribution in [1.29, 1.82) is 0 Å². The molecule has 1 saturated carbocycles. The predicted molar refractivity (Wildman–Crippen MR) is 106 cm³/mol. The molecular formula is C21H26BFN2O2. The molecule has 2 aliphatic rings. The van der Waals surface area contributed by atoms with E-state index in [1.54, 1.807) is 6.08 Å². The van der Waals surface area contributed by atoms with Crippen LogP contribution in [0.4, 0.5) is 4.39 Å². The summed E-state index contributed by atoms with van der Waals surface area (Å²) in [7, 11) is -0.997. The molecule has 6 heteroatoms. The summed E-state index contributed by atoms with van der Waals surface area (Å²) >= 11 is 0. The lowest BCUT2D eigenvalue weighted by atomic mass is 9.79. The molecule has 1 aliphatic heterocycles. The van der Waals surface area contributed by atoms with Gasteiger partial charge in [-0.25, -0.2) is 4.39 Å². The molecule has 1 aliphatic carbocycles. The lowest BCUT2D eigenvalue weighted by Crippen LogP contribution is -2.41. The number of nitrogens with one attached hydrogen (secondary N) is 1. The molecule has 2 fully saturated rings. The van der Waals surface area contributed by atoms with Gasteiger partial charge in [0.05, 0.1) is 16.9 Å². The van der Waals surface area contributed by atoms with Crippen LogP contribution in [0.3, 0.4) is 0 Å². The van der Waals surface area contributed by atoms with Crippen molar-refractivity contribution in [3.05, 3.63) is 47.3 Å². The largest absolute Gasteiger partial charge is 0.525 e. The van der Waals surface area contributed by atoms with E-state index in [0.717, 1.165) is 35.4 Å². The monoisotopic (exact) mass is 368 g/mol. The van der Waals surface area contributed by atoms with Crippen LogP contribution in [0, 0.1) is 0 Å². The van der Waals surface area contributed by atoms with Gasteiger partial charge in [-0.3, -0.25) is 5.10 Å². The molecule has 1 saturated heterocycles. The molecule has 0 amide bonds. The van der Waals surface area contributed by atoms with Gasteiger partial charge < -0.3 is 9.31 Å². The molecule has 27 heavy (non-hydrogen) atoms. The van der Waals surface area contributed by atoms with Crippen LogP contribution in [0.25, 0.3) is 17.3 Å². The Bertz CT molecular complexity index is 840. The average molecular weight is 368 g/mol. The second-order valence-corrected chi connectivity index (χ2v) is 8.51. The third kappa shape index (κ3) is 3.25. The van der Waals surface area contributed by atoms with Gasteiger partial charge in [-0.15, -0.1) is 0 Å².